The van der Waals surface area contributed by atoms with Crippen molar-refractivity contribution < 1.29 is 9.53 Å². The molecule has 0 spiro atoms. The molecule has 110 valence electrons. The maximum absolute atomic E-state index is 11.7. The number of amides is 1. The molecular weight excluding hydrogens is 354 g/mol. The Kier molecular flexibility index (Phi) is 6.08. The molecule has 3 nitrogen and oxygen atoms in total. The molecule has 1 amide bonds. The second-order valence-electron chi connectivity index (χ2n) is 4.46. The van der Waals surface area contributed by atoms with Crippen LogP contribution in [-0.2, 0) is 11.3 Å². The van der Waals surface area contributed by atoms with Gasteiger partial charge in [0, 0.05) is 16.0 Å². The molecule has 2 aromatic carbocycles. The summed E-state index contributed by atoms with van der Waals surface area (Å²) in [7, 11) is 0. The van der Waals surface area contributed by atoms with Crippen LogP contribution in [0.1, 0.15) is 12.0 Å². The Labute approximate surface area is 137 Å². The van der Waals surface area contributed by atoms with Crippen molar-refractivity contribution in [2.24, 2.45) is 0 Å². The van der Waals surface area contributed by atoms with E-state index in [1.54, 1.807) is 24.3 Å². The molecule has 0 atom stereocenters. The van der Waals surface area contributed by atoms with Crippen LogP contribution in [0.4, 0.5) is 0 Å². The SMILES string of the molecule is O=C(CCOc1ccc(Cl)cc1)NCc1cccc(Br)c1. The molecular formula is C16H15BrClNO2. The van der Waals surface area contributed by atoms with Gasteiger partial charge in [0.2, 0.25) is 5.91 Å². The van der Waals surface area contributed by atoms with Gasteiger partial charge in [-0.25, -0.2) is 0 Å². The molecule has 5 heteroatoms. The Balaban J connectivity index is 1.69. The number of carbonyl (C=O) groups is 1. The van der Waals surface area contributed by atoms with Crippen LogP contribution in [0.3, 0.4) is 0 Å². The van der Waals surface area contributed by atoms with Gasteiger partial charge in [0.05, 0.1) is 13.0 Å². The number of halogens is 2. The molecule has 0 heterocycles. The van der Waals surface area contributed by atoms with Crippen LogP contribution in [0.5, 0.6) is 5.75 Å². The number of rotatable bonds is 6. The van der Waals surface area contributed by atoms with E-state index in [2.05, 4.69) is 21.2 Å². The van der Waals surface area contributed by atoms with Crippen LogP contribution in [0.15, 0.2) is 53.0 Å². The molecule has 0 unspecified atom stereocenters. The monoisotopic (exact) mass is 367 g/mol. The molecule has 2 rings (SSSR count). The van der Waals surface area contributed by atoms with E-state index in [0.717, 1.165) is 10.0 Å². The highest BCUT2D eigenvalue weighted by Gasteiger charge is 2.02. The lowest BCUT2D eigenvalue weighted by atomic mass is 10.2. The number of hydrogen-bond acceptors (Lipinski definition) is 2. The van der Waals surface area contributed by atoms with E-state index < -0.39 is 0 Å². The summed E-state index contributed by atoms with van der Waals surface area (Å²) in [5.74, 6) is 0.670. The number of ether oxygens (including phenoxy) is 1. The fourth-order valence-corrected chi connectivity index (χ4v) is 2.30. The largest absolute Gasteiger partial charge is 0.493 e. The number of nitrogens with one attached hydrogen (secondary N) is 1. The first-order valence-electron chi connectivity index (χ1n) is 6.53. The fourth-order valence-electron chi connectivity index (χ4n) is 1.73. The van der Waals surface area contributed by atoms with Crippen LogP contribution in [0.2, 0.25) is 5.02 Å². The van der Waals surface area contributed by atoms with Crippen LogP contribution >= 0.6 is 27.5 Å². The van der Waals surface area contributed by atoms with Gasteiger partial charge in [0.1, 0.15) is 5.75 Å². The molecule has 0 fully saturated rings. The summed E-state index contributed by atoms with van der Waals surface area (Å²) in [4.78, 5) is 11.7. The molecule has 21 heavy (non-hydrogen) atoms. The van der Waals surface area contributed by atoms with Crippen molar-refractivity contribution in [2.45, 2.75) is 13.0 Å². The van der Waals surface area contributed by atoms with E-state index >= 15 is 0 Å². The van der Waals surface area contributed by atoms with Crippen LogP contribution in [0.25, 0.3) is 0 Å². The predicted molar refractivity (Wildman–Crippen MR) is 87.6 cm³/mol. The lowest BCUT2D eigenvalue weighted by Gasteiger charge is -2.07. The van der Waals surface area contributed by atoms with Gasteiger partial charge in [0.15, 0.2) is 0 Å². The average Bonchev–Trinajstić information content (AvgIpc) is 2.47. The summed E-state index contributed by atoms with van der Waals surface area (Å²) in [5, 5.41) is 3.52. The molecule has 0 aliphatic rings. The van der Waals surface area contributed by atoms with E-state index in [-0.39, 0.29) is 5.91 Å². The third kappa shape index (κ3) is 5.78. The van der Waals surface area contributed by atoms with E-state index in [4.69, 9.17) is 16.3 Å². The third-order valence-corrected chi connectivity index (χ3v) is 3.54. The Morgan fingerprint density at radius 3 is 2.67 bits per heavy atom. The van der Waals surface area contributed by atoms with Gasteiger partial charge in [0.25, 0.3) is 0 Å². The predicted octanol–water partition coefficient (Wildman–Crippen LogP) is 4.19. The third-order valence-electron chi connectivity index (χ3n) is 2.79. The van der Waals surface area contributed by atoms with Crippen molar-refractivity contribution in [1.82, 2.24) is 5.32 Å². The Bertz CT molecular complexity index is 601. The lowest BCUT2D eigenvalue weighted by Crippen LogP contribution is -2.24. The standard InChI is InChI=1S/C16H15BrClNO2/c17-13-3-1-2-12(10-13)11-19-16(20)8-9-21-15-6-4-14(18)5-7-15/h1-7,10H,8-9,11H2,(H,19,20). The van der Waals surface area contributed by atoms with Gasteiger partial charge >= 0.3 is 0 Å². The van der Waals surface area contributed by atoms with Gasteiger partial charge in [-0.15, -0.1) is 0 Å². The van der Waals surface area contributed by atoms with Crippen molar-refractivity contribution >= 4 is 33.4 Å². The summed E-state index contributed by atoms with van der Waals surface area (Å²) < 4.78 is 6.48. The highest BCUT2D eigenvalue weighted by Crippen LogP contribution is 2.15. The molecule has 0 radical (unpaired) electrons. The van der Waals surface area contributed by atoms with Crippen LogP contribution in [0, 0.1) is 0 Å². The van der Waals surface area contributed by atoms with Crippen LogP contribution in [-0.4, -0.2) is 12.5 Å². The Morgan fingerprint density at radius 2 is 1.95 bits per heavy atom. The molecule has 0 saturated heterocycles. The van der Waals surface area contributed by atoms with Gasteiger partial charge in [-0.2, -0.15) is 0 Å². The first-order chi connectivity index (χ1) is 10.1. The van der Waals surface area contributed by atoms with Gasteiger partial charge in [-0.1, -0.05) is 39.7 Å². The smallest absolute Gasteiger partial charge is 0.223 e. The average molecular weight is 369 g/mol. The van der Waals surface area contributed by atoms with Gasteiger partial charge < -0.3 is 10.1 Å². The van der Waals surface area contributed by atoms with Crippen molar-refractivity contribution in [3.63, 3.8) is 0 Å². The van der Waals surface area contributed by atoms with Crippen molar-refractivity contribution in [1.29, 1.82) is 0 Å². The number of carbonyl (C=O) groups excluding carboxylic acids is 1. The first-order valence-corrected chi connectivity index (χ1v) is 7.70. The molecule has 0 aromatic heterocycles. The van der Waals surface area contributed by atoms with E-state index in [1.165, 1.54) is 0 Å². The molecule has 0 aliphatic heterocycles. The highest BCUT2D eigenvalue weighted by molar-refractivity contribution is 9.10. The zero-order valence-electron chi connectivity index (χ0n) is 11.3. The lowest BCUT2D eigenvalue weighted by molar-refractivity contribution is -0.121. The highest BCUT2D eigenvalue weighted by atomic mass is 79.9. The summed E-state index contributed by atoms with van der Waals surface area (Å²) in [5.41, 5.74) is 1.05. The normalized spacial score (nSPS) is 10.2. The number of benzene rings is 2. The minimum absolute atomic E-state index is 0.0380. The second-order valence-corrected chi connectivity index (χ2v) is 5.81. The summed E-state index contributed by atoms with van der Waals surface area (Å²) in [6, 6.07) is 14.9. The van der Waals surface area contributed by atoms with Gasteiger partial charge in [-0.3, -0.25) is 4.79 Å². The van der Waals surface area contributed by atoms with Crippen molar-refractivity contribution in [3.8, 4) is 5.75 Å². The van der Waals surface area contributed by atoms with Gasteiger partial charge in [-0.05, 0) is 42.0 Å². The minimum Gasteiger partial charge on any atom is -0.493 e. The quantitative estimate of drug-likeness (QED) is 0.830. The second kappa shape index (κ2) is 8.05. The summed E-state index contributed by atoms with van der Waals surface area (Å²) >= 11 is 9.18. The minimum atomic E-state index is -0.0380. The van der Waals surface area contributed by atoms with Crippen molar-refractivity contribution in [2.75, 3.05) is 6.61 Å². The van der Waals surface area contributed by atoms with E-state index in [9.17, 15) is 4.79 Å². The van der Waals surface area contributed by atoms with E-state index in [1.807, 2.05) is 24.3 Å². The topological polar surface area (TPSA) is 38.3 Å². The zero-order valence-corrected chi connectivity index (χ0v) is 13.7. The Morgan fingerprint density at radius 1 is 1.19 bits per heavy atom. The first kappa shape index (κ1) is 15.9. The maximum atomic E-state index is 11.7. The molecule has 2 aromatic rings. The molecule has 0 aliphatic carbocycles. The summed E-state index contributed by atoms with van der Waals surface area (Å²) in [6.45, 7) is 0.852. The zero-order chi connectivity index (χ0) is 15.1. The molecule has 1 N–H and O–H groups in total. The molecule has 0 bridgehead atoms. The van der Waals surface area contributed by atoms with E-state index in [0.29, 0.717) is 30.3 Å². The Hall–Kier alpha value is -1.52. The number of hydrogen-bond donors (Lipinski definition) is 1. The molecule has 0 saturated carbocycles. The maximum Gasteiger partial charge on any atom is 0.223 e. The summed E-state index contributed by atoms with van der Waals surface area (Å²) in [6.07, 6.45) is 0.316. The fraction of sp³-hybridized carbons (Fsp3) is 0.188. The van der Waals surface area contributed by atoms with Crippen LogP contribution < -0.4 is 10.1 Å². The van der Waals surface area contributed by atoms with Crippen molar-refractivity contribution in [3.05, 3.63) is 63.6 Å².